The summed E-state index contributed by atoms with van der Waals surface area (Å²) in [5.74, 6) is -0.798. The van der Waals surface area contributed by atoms with Crippen LogP contribution >= 0.6 is 0 Å². The van der Waals surface area contributed by atoms with E-state index in [0.717, 1.165) is 0 Å². The predicted molar refractivity (Wildman–Crippen MR) is 69.9 cm³/mol. The van der Waals surface area contributed by atoms with Gasteiger partial charge in [0.2, 0.25) is 0 Å². The summed E-state index contributed by atoms with van der Waals surface area (Å²) in [5, 5.41) is 10.5. The molecule has 0 aliphatic carbocycles. The van der Waals surface area contributed by atoms with Gasteiger partial charge in [-0.3, -0.25) is 19.7 Å². The Morgan fingerprint density at radius 3 is 2.11 bits per heavy atom. The first-order valence-corrected chi connectivity index (χ1v) is 5.51. The number of ketones is 2. The summed E-state index contributed by atoms with van der Waals surface area (Å²) >= 11 is 0. The summed E-state index contributed by atoms with van der Waals surface area (Å²) in [6.45, 7) is 1.30. The first-order chi connectivity index (χ1) is 8.82. The van der Waals surface area contributed by atoms with E-state index in [0.29, 0.717) is 0 Å². The molecule has 0 amide bonds. The Balaban J connectivity index is 3.11. The normalized spacial score (nSPS) is 11.0. The molecule has 1 aromatic carbocycles. The fourth-order valence-corrected chi connectivity index (χ4v) is 1.46. The molecule has 0 N–H and O–H groups in total. The first kappa shape index (κ1) is 14.6. The minimum atomic E-state index is -0.546. The smallest absolute Gasteiger partial charge is 0.269 e. The van der Waals surface area contributed by atoms with Crippen LogP contribution in [0.3, 0.4) is 0 Å². The average Bonchev–Trinajstić information content (AvgIpc) is 2.34. The van der Waals surface area contributed by atoms with Gasteiger partial charge in [-0.2, -0.15) is 0 Å². The van der Waals surface area contributed by atoms with Crippen LogP contribution in [0.4, 0.5) is 5.69 Å². The third-order valence-electron chi connectivity index (χ3n) is 2.35. The number of hydrogen-bond acceptors (Lipinski definition) is 5. The highest BCUT2D eigenvalue weighted by molar-refractivity contribution is 6.25. The number of nitrogens with zero attached hydrogens (tertiary/aromatic N) is 2. The van der Waals surface area contributed by atoms with E-state index in [4.69, 9.17) is 0 Å². The number of nitro benzene ring substituents is 1. The molecule has 0 bridgehead atoms. The maximum Gasteiger partial charge on any atom is 0.269 e. The maximum absolute atomic E-state index is 12.1. The van der Waals surface area contributed by atoms with Crippen LogP contribution < -0.4 is 0 Å². The van der Waals surface area contributed by atoms with Gasteiger partial charge in [-0.15, -0.1) is 0 Å². The minimum Gasteiger partial charge on any atom is -0.383 e. The number of allylic oxidation sites excluding steroid dienone is 1. The lowest BCUT2D eigenvalue weighted by atomic mass is 10.0. The number of hydrogen-bond donors (Lipinski definition) is 0. The third kappa shape index (κ3) is 3.74. The molecule has 19 heavy (non-hydrogen) atoms. The van der Waals surface area contributed by atoms with E-state index in [1.54, 1.807) is 19.0 Å². The zero-order valence-corrected chi connectivity index (χ0v) is 10.9. The lowest BCUT2D eigenvalue weighted by Crippen LogP contribution is -2.15. The standard InChI is InChI=1S/C13H14N2O4/c1-9(16)12(8-14(2)3)13(17)10-4-6-11(7-5-10)15(18)19/h4-8H,1-3H3/b12-8+. The molecule has 1 aromatic rings. The molecule has 1 rings (SSSR count). The Morgan fingerprint density at radius 2 is 1.74 bits per heavy atom. The highest BCUT2D eigenvalue weighted by Gasteiger charge is 2.17. The van der Waals surface area contributed by atoms with Gasteiger partial charge in [0.05, 0.1) is 10.5 Å². The second-order valence-corrected chi connectivity index (χ2v) is 4.20. The number of non-ortho nitro benzene ring substituents is 1. The second-order valence-electron chi connectivity index (χ2n) is 4.20. The quantitative estimate of drug-likeness (QED) is 0.202. The van der Waals surface area contributed by atoms with Crippen molar-refractivity contribution in [3.8, 4) is 0 Å². The van der Waals surface area contributed by atoms with Crippen LogP contribution in [0.15, 0.2) is 36.0 Å². The van der Waals surface area contributed by atoms with E-state index in [1.165, 1.54) is 37.4 Å². The second kappa shape index (κ2) is 5.90. The van der Waals surface area contributed by atoms with E-state index < -0.39 is 10.7 Å². The number of rotatable bonds is 5. The summed E-state index contributed by atoms with van der Waals surface area (Å²) in [6, 6.07) is 5.15. The summed E-state index contributed by atoms with van der Waals surface area (Å²) in [4.78, 5) is 35.1. The van der Waals surface area contributed by atoms with Gasteiger partial charge < -0.3 is 4.90 Å². The largest absolute Gasteiger partial charge is 0.383 e. The Labute approximate surface area is 110 Å². The number of carbonyl (C=O) groups excluding carboxylic acids is 2. The Bertz CT molecular complexity index is 544. The fraction of sp³-hybridized carbons (Fsp3) is 0.231. The van der Waals surface area contributed by atoms with Crippen molar-refractivity contribution in [2.75, 3.05) is 14.1 Å². The molecular weight excluding hydrogens is 248 g/mol. The zero-order chi connectivity index (χ0) is 14.6. The number of benzene rings is 1. The summed E-state index contributed by atoms with van der Waals surface area (Å²) in [5.41, 5.74) is 0.185. The van der Waals surface area contributed by atoms with Crippen molar-refractivity contribution in [1.29, 1.82) is 0 Å². The predicted octanol–water partition coefficient (Wildman–Crippen LogP) is 1.81. The van der Waals surface area contributed by atoms with Crippen LogP contribution in [-0.4, -0.2) is 35.5 Å². The van der Waals surface area contributed by atoms with E-state index in [2.05, 4.69) is 0 Å². The third-order valence-corrected chi connectivity index (χ3v) is 2.35. The van der Waals surface area contributed by atoms with Gasteiger partial charge in [-0.05, 0) is 19.1 Å². The molecule has 0 fully saturated rings. The molecule has 6 nitrogen and oxygen atoms in total. The first-order valence-electron chi connectivity index (χ1n) is 5.51. The monoisotopic (exact) mass is 262 g/mol. The van der Waals surface area contributed by atoms with E-state index in [-0.39, 0.29) is 22.6 Å². The van der Waals surface area contributed by atoms with Crippen molar-refractivity contribution < 1.29 is 14.5 Å². The lowest BCUT2D eigenvalue weighted by molar-refractivity contribution is -0.384. The summed E-state index contributed by atoms with van der Waals surface area (Å²) < 4.78 is 0. The number of carbonyl (C=O) groups is 2. The van der Waals surface area contributed by atoms with Gasteiger partial charge >= 0.3 is 0 Å². The molecule has 0 aliphatic heterocycles. The maximum atomic E-state index is 12.1. The van der Waals surface area contributed by atoms with Crippen LogP contribution in [0, 0.1) is 10.1 Å². The minimum absolute atomic E-state index is 0.0406. The molecule has 0 unspecified atom stereocenters. The molecule has 100 valence electrons. The molecule has 0 radical (unpaired) electrons. The molecule has 0 saturated heterocycles. The molecular formula is C13H14N2O4. The van der Waals surface area contributed by atoms with E-state index in [9.17, 15) is 19.7 Å². The van der Waals surface area contributed by atoms with Gasteiger partial charge in [0, 0.05) is 38.0 Å². The molecule has 0 heterocycles. The SMILES string of the molecule is CC(=O)/C(=C\N(C)C)C(=O)c1ccc([N+](=O)[O-])cc1. The van der Waals surface area contributed by atoms with E-state index >= 15 is 0 Å². The summed E-state index contributed by atoms with van der Waals surface area (Å²) in [7, 11) is 3.40. The van der Waals surface area contributed by atoms with Crippen LogP contribution in [0.1, 0.15) is 17.3 Å². The van der Waals surface area contributed by atoms with Crippen molar-refractivity contribution >= 4 is 17.3 Å². The molecule has 0 saturated carbocycles. The van der Waals surface area contributed by atoms with Crippen LogP contribution in [-0.2, 0) is 4.79 Å². The van der Waals surface area contributed by atoms with Crippen molar-refractivity contribution in [3.63, 3.8) is 0 Å². The van der Waals surface area contributed by atoms with Crippen LogP contribution in [0.2, 0.25) is 0 Å². The number of Topliss-reactive ketones (excluding diaryl/α,β-unsaturated/α-hetero) is 2. The van der Waals surface area contributed by atoms with Crippen molar-refractivity contribution in [1.82, 2.24) is 4.90 Å². The molecule has 0 spiro atoms. The highest BCUT2D eigenvalue weighted by atomic mass is 16.6. The summed E-state index contributed by atoms with van der Waals surface area (Å²) in [6.07, 6.45) is 1.44. The van der Waals surface area contributed by atoms with Gasteiger partial charge in [-0.1, -0.05) is 0 Å². The molecule has 0 aliphatic rings. The van der Waals surface area contributed by atoms with Gasteiger partial charge in [0.15, 0.2) is 11.6 Å². The topological polar surface area (TPSA) is 80.5 Å². The molecule has 0 atom stereocenters. The van der Waals surface area contributed by atoms with Crippen LogP contribution in [0.5, 0.6) is 0 Å². The van der Waals surface area contributed by atoms with E-state index in [1.807, 2.05) is 0 Å². The molecule has 0 aromatic heterocycles. The van der Waals surface area contributed by atoms with Gasteiger partial charge in [0.1, 0.15) is 0 Å². The van der Waals surface area contributed by atoms with Gasteiger partial charge in [0.25, 0.3) is 5.69 Å². The zero-order valence-electron chi connectivity index (χ0n) is 10.9. The van der Waals surface area contributed by atoms with Crippen LogP contribution in [0.25, 0.3) is 0 Å². The van der Waals surface area contributed by atoms with Gasteiger partial charge in [-0.25, -0.2) is 0 Å². The fourth-order valence-electron chi connectivity index (χ4n) is 1.46. The Kier molecular flexibility index (Phi) is 4.52. The lowest BCUT2D eigenvalue weighted by Gasteiger charge is -2.08. The number of nitro groups is 1. The molecule has 6 heteroatoms. The van der Waals surface area contributed by atoms with Crippen molar-refractivity contribution in [2.45, 2.75) is 6.92 Å². The Hall–Kier alpha value is -2.50. The average molecular weight is 262 g/mol. The van der Waals surface area contributed by atoms with Crippen molar-refractivity contribution in [3.05, 3.63) is 51.7 Å². The Morgan fingerprint density at radius 1 is 1.21 bits per heavy atom. The van der Waals surface area contributed by atoms with Crippen molar-refractivity contribution in [2.24, 2.45) is 0 Å². The highest BCUT2D eigenvalue weighted by Crippen LogP contribution is 2.15.